The van der Waals surface area contributed by atoms with E-state index in [9.17, 15) is 4.39 Å². The lowest BCUT2D eigenvalue weighted by Gasteiger charge is -2.43. The zero-order chi connectivity index (χ0) is 22.4. The van der Waals surface area contributed by atoms with E-state index in [1.807, 2.05) is 30.0 Å². The van der Waals surface area contributed by atoms with Crippen molar-refractivity contribution in [2.75, 3.05) is 31.3 Å². The van der Waals surface area contributed by atoms with Crippen LogP contribution in [0.4, 0.5) is 10.1 Å². The summed E-state index contributed by atoms with van der Waals surface area (Å²) in [7, 11) is 0. The van der Waals surface area contributed by atoms with Crippen LogP contribution in [0.25, 0.3) is 21.8 Å². The van der Waals surface area contributed by atoms with Crippen LogP contribution in [0.15, 0.2) is 53.7 Å². The minimum Gasteiger partial charge on any atom is -0.488 e. The largest absolute Gasteiger partial charge is 0.488 e. The van der Waals surface area contributed by atoms with Crippen LogP contribution < -0.4 is 5.01 Å². The number of aryl methyl sites for hydroxylation is 1. The van der Waals surface area contributed by atoms with Crippen molar-refractivity contribution in [1.29, 1.82) is 0 Å². The first-order chi connectivity index (χ1) is 16.2. The first-order valence-corrected chi connectivity index (χ1v) is 11.4. The summed E-state index contributed by atoms with van der Waals surface area (Å²) in [5.74, 6) is 1.19. The van der Waals surface area contributed by atoms with Crippen molar-refractivity contribution in [1.82, 2.24) is 18.9 Å². The van der Waals surface area contributed by atoms with E-state index in [2.05, 4.69) is 31.5 Å². The molecule has 2 aliphatic rings. The lowest BCUT2D eigenvalue weighted by atomic mass is 10.1. The summed E-state index contributed by atoms with van der Waals surface area (Å²) in [6.07, 6.45) is 7.53. The number of anilines is 1. The second-order valence-electron chi connectivity index (χ2n) is 7.79. The Morgan fingerprint density at radius 2 is 2.03 bits per heavy atom. The number of imidazole rings is 1. The number of hydrogen-bond acceptors (Lipinski definition) is 7. The highest BCUT2D eigenvalue weighted by Crippen LogP contribution is 2.30. The van der Waals surface area contributed by atoms with Crippen LogP contribution in [-0.2, 0) is 4.74 Å². The Balaban J connectivity index is 1.37. The van der Waals surface area contributed by atoms with Crippen LogP contribution >= 0.6 is 11.5 Å². The number of aromatic nitrogens is 3. The number of morpholine rings is 1. The van der Waals surface area contributed by atoms with Gasteiger partial charge in [-0.2, -0.15) is 4.37 Å². The Hall–Kier alpha value is -3.90. The smallest absolute Gasteiger partial charge is 0.185 e. The molecule has 0 atom stereocenters. The fourth-order valence-electron chi connectivity index (χ4n) is 4.12. The Morgan fingerprint density at radius 1 is 1.15 bits per heavy atom. The maximum absolute atomic E-state index is 13.4. The highest BCUT2D eigenvalue weighted by Gasteiger charge is 2.31. The summed E-state index contributed by atoms with van der Waals surface area (Å²) in [6, 6.07) is 13.1. The average molecular weight is 459 g/mol. The summed E-state index contributed by atoms with van der Waals surface area (Å²) in [5, 5.41) is 5.20. The lowest BCUT2D eigenvalue weighted by Crippen LogP contribution is -2.55. The molecular weight excluding hydrogens is 439 g/mol. The van der Waals surface area contributed by atoms with Gasteiger partial charge in [-0.3, -0.25) is 19.6 Å². The molecule has 0 radical (unpaired) electrons. The van der Waals surface area contributed by atoms with E-state index in [0.29, 0.717) is 25.5 Å². The first-order valence-electron chi connectivity index (χ1n) is 10.6. The number of nitrogens with zero attached hydrogens (tertiary/aromatic N) is 6. The fourth-order valence-corrected chi connectivity index (χ4v) is 4.88. The maximum Gasteiger partial charge on any atom is 0.185 e. The van der Waals surface area contributed by atoms with Gasteiger partial charge in [-0.05, 0) is 48.8 Å². The molecular formula is C24H19FN6OS. The molecule has 6 rings (SSSR count). The molecule has 2 aromatic carbocycles. The Labute approximate surface area is 194 Å². The van der Waals surface area contributed by atoms with Crippen LogP contribution in [0.1, 0.15) is 11.3 Å². The molecule has 4 heterocycles. The molecule has 2 aromatic heterocycles. The number of benzene rings is 1. The molecule has 33 heavy (non-hydrogen) atoms. The predicted octanol–water partition coefficient (Wildman–Crippen LogP) is 4.04. The number of fused-ring (bicyclic) bond motifs is 2. The topological polar surface area (TPSA) is 58.8 Å². The first kappa shape index (κ1) is 19.8. The predicted molar refractivity (Wildman–Crippen MR) is 126 cm³/mol. The molecule has 0 spiro atoms. The third-order valence-electron chi connectivity index (χ3n) is 5.65. The summed E-state index contributed by atoms with van der Waals surface area (Å²) in [6.45, 7) is 4.48. The zero-order valence-electron chi connectivity index (χ0n) is 17.8. The van der Waals surface area contributed by atoms with E-state index in [1.165, 1.54) is 23.7 Å². The highest BCUT2D eigenvalue weighted by molar-refractivity contribution is 7.13. The van der Waals surface area contributed by atoms with Crippen molar-refractivity contribution in [3.63, 3.8) is 0 Å². The normalized spacial score (nSPS) is 17.0. The number of halogens is 1. The highest BCUT2D eigenvalue weighted by atomic mass is 32.1. The second kappa shape index (κ2) is 7.90. The molecule has 0 bridgehead atoms. The molecule has 0 unspecified atom stereocenters. The van der Waals surface area contributed by atoms with Crippen LogP contribution in [0.2, 0.25) is 0 Å². The van der Waals surface area contributed by atoms with Crippen molar-refractivity contribution in [3.8, 4) is 5.69 Å². The van der Waals surface area contributed by atoms with E-state index in [4.69, 9.17) is 9.73 Å². The number of aliphatic imine (C=N–C) groups is 1. The summed E-state index contributed by atoms with van der Waals surface area (Å²) in [5.41, 5.74) is 3.58. The molecule has 1 fully saturated rings. The Kier molecular flexibility index (Phi) is 4.73. The van der Waals surface area contributed by atoms with Gasteiger partial charge in [-0.1, -0.05) is 6.07 Å². The maximum atomic E-state index is 13.4. The summed E-state index contributed by atoms with van der Waals surface area (Å²) >= 11 is 1.42. The third-order valence-corrected chi connectivity index (χ3v) is 6.46. The molecule has 7 nitrogen and oxygen atoms in total. The summed E-state index contributed by atoms with van der Waals surface area (Å²) < 4.78 is 26.8. The van der Waals surface area contributed by atoms with Crippen molar-refractivity contribution in [2.45, 2.75) is 6.92 Å². The van der Waals surface area contributed by atoms with Gasteiger partial charge in [-0.15, -0.1) is 0 Å². The van der Waals surface area contributed by atoms with Crippen LogP contribution in [0, 0.1) is 24.9 Å². The van der Waals surface area contributed by atoms with Gasteiger partial charge in [0.25, 0.3) is 0 Å². The van der Waals surface area contributed by atoms with Crippen molar-refractivity contribution < 1.29 is 9.13 Å². The quantitative estimate of drug-likeness (QED) is 0.464. The van der Waals surface area contributed by atoms with Crippen molar-refractivity contribution in [2.24, 2.45) is 4.99 Å². The van der Waals surface area contributed by atoms with E-state index < -0.39 is 0 Å². The van der Waals surface area contributed by atoms with E-state index in [0.717, 1.165) is 45.1 Å². The standard InChI is InChI=1S/C24H19FN6OS/c1-16-14-29(15-27-16)21-7-2-17(20-13-28-33-23(20)21)12-22-24-26-8-9-30(31(24)10-11-32-22)19-5-3-18(25)4-6-19/h3-6,12-15H,8-11H2,1H3. The monoisotopic (exact) mass is 458 g/mol. The fraction of sp³-hybridized carbons (Fsp3) is 0.208. The molecule has 0 N–H and O–H groups in total. The second-order valence-corrected chi connectivity index (χ2v) is 8.59. The number of rotatable bonds is 3. The molecule has 0 amide bonds. The molecule has 1 saturated heterocycles. The minimum atomic E-state index is -0.248. The van der Waals surface area contributed by atoms with Crippen molar-refractivity contribution >= 4 is 39.2 Å². The molecule has 4 aromatic rings. The molecule has 2 aliphatic heterocycles. The van der Waals surface area contributed by atoms with Crippen LogP contribution in [0.3, 0.4) is 0 Å². The number of ether oxygens (including phenoxy) is 1. The average Bonchev–Trinajstić information content (AvgIpc) is 3.49. The van der Waals surface area contributed by atoms with Gasteiger partial charge in [0.1, 0.15) is 18.1 Å². The minimum absolute atomic E-state index is 0.248. The SMILES string of the molecule is Cc1cn(-c2c#cc(C=C3OCCN4C3=NCCN4c3ccc(F)cc3)c3cnsc23)cn1. The van der Waals surface area contributed by atoms with Gasteiger partial charge in [0.05, 0.1) is 42.0 Å². The van der Waals surface area contributed by atoms with Crippen molar-refractivity contribution in [3.05, 3.63) is 78.0 Å². The van der Waals surface area contributed by atoms with E-state index in [-0.39, 0.29) is 5.82 Å². The number of hydrazine groups is 1. The van der Waals surface area contributed by atoms with E-state index >= 15 is 0 Å². The number of amidine groups is 1. The van der Waals surface area contributed by atoms with Crippen LogP contribution in [-0.4, -0.2) is 51.0 Å². The van der Waals surface area contributed by atoms with Gasteiger partial charge in [-0.25, -0.2) is 9.37 Å². The van der Waals surface area contributed by atoms with Gasteiger partial charge in [0.2, 0.25) is 0 Å². The van der Waals surface area contributed by atoms with Gasteiger partial charge in [0.15, 0.2) is 11.6 Å². The van der Waals surface area contributed by atoms with E-state index in [1.54, 1.807) is 18.5 Å². The van der Waals surface area contributed by atoms with Crippen LogP contribution in [0.5, 0.6) is 0 Å². The summed E-state index contributed by atoms with van der Waals surface area (Å²) in [4.78, 5) is 9.06. The lowest BCUT2D eigenvalue weighted by molar-refractivity contribution is 0.160. The molecule has 0 saturated carbocycles. The molecule has 9 heteroatoms. The Bertz CT molecular complexity index is 1390. The van der Waals surface area contributed by atoms with Gasteiger partial charge in [0, 0.05) is 29.4 Å². The Morgan fingerprint density at radius 3 is 2.85 bits per heavy atom. The van der Waals surface area contributed by atoms with Gasteiger partial charge >= 0.3 is 0 Å². The van der Waals surface area contributed by atoms with Gasteiger partial charge < -0.3 is 4.74 Å². The number of hydrogen-bond donors (Lipinski definition) is 0. The molecule has 0 aliphatic carbocycles. The zero-order valence-corrected chi connectivity index (χ0v) is 18.6. The molecule has 164 valence electrons. The third kappa shape index (κ3) is 3.49.